The van der Waals surface area contributed by atoms with Crippen molar-refractivity contribution in [2.75, 3.05) is 51.6 Å². The zero-order chi connectivity index (χ0) is 44.3. The van der Waals surface area contributed by atoms with Crippen LogP contribution in [0.25, 0.3) is 32.9 Å². The maximum Gasteiger partial charge on any atom is 0.410 e. The molecule has 6 heterocycles. The number of pyridine rings is 1. The molecule has 0 spiro atoms. The molecule has 1 unspecified atom stereocenters. The fourth-order valence-corrected chi connectivity index (χ4v) is 16.2. The third kappa shape index (κ3) is 7.92. The minimum absolute atomic E-state index is 0.0239. The van der Waals surface area contributed by atoms with Gasteiger partial charge in [-0.1, -0.05) is 71.7 Å². The largest absolute Gasteiger partial charge is 0.468 e. The van der Waals surface area contributed by atoms with Gasteiger partial charge in [-0.3, -0.25) is 14.8 Å². The fraction of sp³-hybridized carbons (Fsp3) is 0.551. The lowest BCUT2D eigenvalue weighted by Gasteiger charge is -2.47. The Bertz CT molecular complexity index is 2420. The van der Waals surface area contributed by atoms with E-state index in [1.54, 1.807) is 13.3 Å². The number of hydrogen-bond acceptors (Lipinski definition) is 10. The Morgan fingerprint density at radius 3 is 2.35 bits per heavy atom. The van der Waals surface area contributed by atoms with Gasteiger partial charge in [-0.15, -0.1) is 5.54 Å². The van der Waals surface area contributed by atoms with Gasteiger partial charge in [-0.05, 0) is 86.7 Å². The summed E-state index contributed by atoms with van der Waals surface area (Å²) in [6.07, 6.45) is 4.88. The van der Waals surface area contributed by atoms with Crippen LogP contribution in [0.15, 0.2) is 48.7 Å². The van der Waals surface area contributed by atoms with E-state index in [-0.39, 0.29) is 47.7 Å². The minimum Gasteiger partial charge on any atom is -0.468 e. The highest BCUT2D eigenvalue weighted by molar-refractivity contribution is 6.90. The number of rotatable bonds is 11. The van der Waals surface area contributed by atoms with E-state index in [0.29, 0.717) is 58.8 Å². The maximum atomic E-state index is 17.8. The van der Waals surface area contributed by atoms with Gasteiger partial charge in [0.1, 0.15) is 43.1 Å². The first-order valence-electron chi connectivity index (χ1n) is 22.3. The van der Waals surface area contributed by atoms with Gasteiger partial charge in [0, 0.05) is 56.0 Å². The summed E-state index contributed by atoms with van der Waals surface area (Å²) >= 11 is 0. The zero-order valence-electron chi connectivity index (χ0n) is 38.2. The van der Waals surface area contributed by atoms with Gasteiger partial charge in [0.25, 0.3) is 0 Å². The molecule has 330 valence electrons. The lowest BCUT2D eigenvalue weighted by atomic mass is 9.85. The van der Waals surface area contributed by atoms with Crippen molar-refractivity contribution in [2.24, 2.45) is 0 Å². The molecular weight excluding hydrogens is 800 g/mol. The molecule has 4 saturated heterocycles. The highest BCUT2D eigenvalue weighted by Gasteiger charge is 2.50. The van der Waals surface area contributed by atoms with Gasteiger partial charge in [-0.25, -0.2) is 9.18 Å². The molecule has 0 aliphatic carbocycles. The Labute approximate surface area is 367 Å². The first-order valence-corrected chi connectivity index (χ1v) is 24.6. The molecule has 11 nitrogen and oxygen atoms in total. The van der Waals surface area contributed by atoms with E-state index in [9.17, 15) is 4.79 Å². The van der Waals surface area contributed by atoms with Gasteiger partial charge >= 0.3 is 12.1 Å². The SMILES string of the molecule is C=C1CN2CCC2(COc2nc(N3C[C@H]4CC[C@@H](C3)N4C(=O)OC(C)(C)C)c3cnc(-c4cc(OCOC)cc5cccc(C#C[Si](C(C)C)(C(C)C)C(C)C)c45)c(F)c3n2)C1. The van der Waals surface area contributed by atoms with E-state index in [1.165, 1.54) is 5.57 Å². The second kappa shape index (κ2) is 16.7. The molecule has 8 rings (SSSR count). The van der Waals surface area contributed by atoms with Crippen molar-refractivity contribution in [3.63, 3.8) is 0 Å². The molecule has 2 aromatic heterocycles. The van der Waals surface area contributed by atoms with Crippen LogP contribution in [0.5, 0.6) is 11.8 Å². The van der Waals surface area contributed by atoms with Crippen LogP contribution in [-0.2, 0) is 9.47 Å². The average Bonchev–Trinajstić information content (AvgIpc) is 3.60. The molecule has 2 aromatic carbocycles. The lowest BCUT2D eigenvalue weighted by Crippen LogP contribution is -2.59. The van der Waals surface area contributed by atoms with Gasteiger partial charge in [0.05, 0.1) is 23.0 Å². The first-order chi connectivity index (χ1) is 29.4. The Hall–Kier alpha value is -4.77. The monoisotopic (exact) mass is 862 g/mol. The summed E-state index contributed by atoms with van der Waals surface area (Å²) in [5.41, 5.74) is 7.23. The number of aromatic nitrogens is 3. The third-order valence-corrected chi connectivity index (χ3v) is 20.1. The lowest BCUT2D eigenvalue weighted by molar-refractivity contribution is -0.0132. The predicted octanol–water partition coefficient (Wildman–Crippen LogP) is 9.91. The molecule has 1 amide bonds. The summed E-state index contributed by atoms with van der Waals surface area (Å²) in [7, 11) is -0.549. The Morgan fingerprint density at radius 2 is 1.74 bits per heavy atom. The van der Waals surface area contributed by atoms with Gasteiger partial charge < -0.3 is 23.8 Å². The molecule has 13 heteroatoms. The van der Waals surface area contributed by atoms with E-state index < -0.39 is 19.5 Å². The van der Waals surface area contributed by atoms with Crippen molar-refractivity contribution in [3.8, 4) is 34.5 Å². The number of anilines is 1. The van der Waals surface area contributed by atoms with Gasteiger partial charge in [0.2, 0.25) is 0 Å². The number of amides is 1. The number of hydrogen-bond donors (Lipinski definition) is 0. The van der Waals surface area contributed by atoms with Crippen LogP contribution in [0.3, 0.4) is 0 Å². The molecule has 0 N–H and O–H groups in total. The predicted molar refractivity (Wildman–Crippen MR) is 246 cm³/mol. The number of carbonyl (C=O) groups is 1. The second-order valence-electron chi connectivity index (χ2n) is 19.9. The smallest absolute Gasteiger partial charge is 0.410 e. The molecule has 62 heavy (non-hydrogen) atoms. The number of fused-ring (bicyclic) bond motifs is 5. The number of methoxy groups -OCH3 is 1. The van der Waals surface area contributed by atoms with Crippen molar-refractivity contribution in [3.05, 3.63) is 60.1 Å². The third-order valence-electron chi connectivity index (χ3n) is 13.8. The van der Waals surface area contributed by atoms with Crippen molar-refractivity contribution in [1.82, 2.24) is 24.8 Å². The van der Waals surface area contributed by atoms with E-state index >= 15 is 4.39 Å². The van der Waals surface area contributed by atoms with Crippen molar-refractivity contribution in [1.29, 1.82) is 0 Å². The second-order valence-corrected chi connectivity index (χ2v) is 25.5. The van der Waals surface area contributed by atoms with Crippen LogP contribution in [0.2, 0.25) is 16.6 Å². The number of halogens is 1. The summed E-state index contributed by atoms with van der Waals surface area (Å²) in [5, 5.41) is 2.11. The van der Waals surface area contributed by atoms with Crippen molar-refractivity contribution in [2.45, 2.75) is 128 Å². The summed E-state index contributed by atoms with van der Waals surface area (Å²) < 4.78 is 41.5. The van der Waals surface area contributed by atoms with Gasteiger partial charge in [-0.2, -0.15) is 9.97 Å². The Morgan fingerprint density at radius 1 is 1.03 bits per heavy atom. The normalized spacial score (nSPS) is 21.5. The Kier molecular flexibility index (Phi) is 11.8. The number of ether oxygens (including phenoxy) is 4. The zero-order valence-corrected chi connectivity index (χ0v) is 39.2. The number of carbonyl (C=O) groups excluding carboxylic acids is 1. The van der Waals surface area contributed by atoms with Crippen LogP contribution < -0.4 is 14.4 Å². The highest BCUT2D eigenvalue weighted by atomic mass is 28.3. The summed E-state index contributed by atoms with van der Waals surface area (Å²) in [4.78, 5) is 34.6. The molecule has 4 aromatic rings. The highest BCUT2D eigenvalue weighted by Crippen LogP contribution is 2.45. The van der Waals surface area contributed by atoms with Crippen LogP contribution >= 0.6 is 0 Å². The van der Waals surface area contributed by atoms with Crippen molar-refractivity contribution >= 4 is 41.7 Å². The van der Waals surface area contributed by atoms with E-state index in [2.05, 4.69) is 69.4 Å². The van der Waals surface area contributed by atoms with Crippen LogP contribution in [0, 0.1) is 17.3 Å². The number of nitrogens with zero attached hydrogens (tertiary/aromatic N) is 6. The van der Waals surface area contributed by atoms with Crippen LogP contribution in [0.4, 0.5) is 15.0 Å². The van der Waals surface area contributed by atoms with Gasteiger partial charge in [0.15, 0.2) is 12.6 Å². The topological polar surface area (TPSA) is 102 Å². The molecular formula is C49H63FN6O5Si. The molecule has 4 fully saturated rings. The Balaban J connectivity index is 1.27. The molecule has 3 atom stereocenters. The fourth-order valence-electron chi connectivity index (χ4n) is 11.0. The van der Waals surface area contributed by atoms with E-state index in [1.807, 2.05) is 56.0 Å². The van der Waals surface area contributed by atoms with Crippen LogP contribution in [-0.4, -0.2) is 109 Å². The summed E-state index contributed by atoms with van der Waals surface area (Å²) in [6.45, 7) is 27.0. The van der Waals surface area contributed by atoms with E-state index in [0.717, 1.165) is 55.1 Å². The standard InChI is InChI=1S/C49H63FN6O5Si/c1-30(2)62(31(3)4,32(5)6)20-17-34-13-12-14-35-21-38(60-29-58-11)22-39(41(34)35)43-42(50)44-40(24-51-43)45(53-46(52-44)59-28-49-18-19-55(49)25-33(7)23-49)54-26-36-15-16-37(27-54)56(36)47(57)61-48(8,9)10/h12-14,21-22,24,30-32,36-37H,7,15-16,18-19,23,25-29H2,1-6,8-11H3/t36-,37+,49?. The van der Waals surface area contributed by atoms with Crippen LogP contribution in [0.1, 0.15) is 93.6 Å². The average molecular weight is 863 g/mol. The maximum absolute atomic E-state index is 17.8. The van der Waals surface area contributed by atoms with E-state index in [4.69, 9.17) is 33.9 Å². The summed E-state index contributed by atoms with van der Waals surface area (Å²) in [5.74, 6) is 4.12. The quantitative estimate of drug-likeness (QED) is 0.0627. The molecule has 0 saturated carbocycles. The molecule has 0 radical (unpaired) electrons. The van der Waals surface area contributed by atoms with Crippen molar-refractivity contribution < 1.29 is 28.1 Å². The number of piperazine rings is 1. The summed E-state index contributed by atoms with van der Waals surface area (Å²) in [6, 6.07) is 9.70. The molecule has 4 aliphatic rings. The minimum atomic E-state index is -2.12. The molecule has 2 bridgehead atoms. The number of benzene rings is 2. The first kappa shape index (κ1) is 43.9. The molecule has 4 aliphatic heterocycles.